The van der Waals surface area contributed by atoms with E-state index in [0.717, 1.165) is 37.2 Å². The van der Waals surface area contributed by atoms with E-state index in [1.54, 1.807) is 6.20 Å². The third-order valence-electron chi connectivity index (χ3n) is 5.51. The van der Waals surface area contributed by atoms with Gasteiger partial charge < -0.3 is 15.0 Å². The molecule has 1 unspecified atom stereocenters. The van der Waals surface area contributed by atoms with Gasteiger partial charge in [0.2, 0.25) is 0 Å². The molecule has 1 saturated carbocycles. The molecule has 1 aliphatic heterocycles. The minimum Gasteiger partial charge on any atom is -0.490 e. The predicted octanol–water partition coefficient (Wildman–Crippen LogP) is 3.58. The van der Waals surface area contributed by atoms with Crippen LogP contribution in [0.25, 0.3) is 0 Å². The molecule has 2 aromatic rings. The fourth-order valence-electron chi connectivity index (χ4n) is 4.06. The Hall–Kier alpha value is -2.40. The van der Waals surface area contributed by atoms with Gasteiger partial charge in [0.05, 0.1) is 12.1 Å². The first-order valence-corrected chi connectivity index (χ1v) is 9.99. The molecule has 0 bridgehead atoms. The molecule has 2 fully saturated rings. The Labute approximate surface area is 160 Å². The van der Waals surface area contributed by atoms with Crippen LogP contribution in [0.2, 0.25) is 0 Å². The van der Waals surface area contributed by atoms with Crippen LogP contribution in [0.5, 0.6) is 5.75 Å². The van der Waals surface area contributed by atoms with E-state index in [1.807, 2.05) is 47.5 Å². The summed E-state index contributed by atoms with van der Waals surface area (Å²) >= 11 is 0. The molecule has 1 N–H and O–H groups in total. The second kappa shape index (κ2) is 8.53. The van der Waals surface area contributed by atoms with Crippen LogP contribution >= 0.6 is 0 Å². The predicted molar refractivity (Wildman–Crippen MR) is 105 cm³/mol. The van der Waals surface area contributed by atoms with E-state index in [9.17, 15) is 4.79 Å². The second-order valence-electron chi connectivity index (χ2n) is 7.41. The van der Waals surface area contributed by atoms with E-state index in [2.05, 4.69) is 10.3 Å². The molecule has 2 heterocycles. The van der Waals surface area contributed by atoms with Gasteiger partial charge in [-0.15, -0.1) is 0 Å². The van der Waals surface area contributed by atoms with Crippen LogP contribution in [-0.2, 0) is 0 Å². The summed E-state index contributed by atoms with van der Waals surface area (Å²) in [5.74, 6) is 0.861. The van der Waals surface area contributed by atoms with E-state index in [0.29, 0.717) is 12.1 Å². The van der Waals surface area contributed by atoms with Gasteiger partial charge in [-0.05, 0) is 55.5 Å². The summed E-state index contributed by atoms with van der Waals surface area (Å²) in [5.41, 5.74) is 1.76. The number of nitrogens with zero attached hydrogens (tertiary/aromatic N) is 2. The Kier molecular flexibility index (Phi) is 5.68. The number of ether oxygens (including phenoxy) is 1. The summed E-state index contributed by atoms with van der Waals surface area (Å²) in [6.07, 6.45) is 9.88. The fraction of sp³-hybridized carbons (Fsp3) is 0.455. The van der Waals surface area contributed by atoms with Gasteiger partial charge >= 0.3 is 0 Å². The molecule has 1 saturated heterocycles. The fourth-order valence-corrected chi connectivity index (χ4v) is 4.06. The lowest BCUT2D eigenvalue weighted by Crippen LogP contribution is -2.48. The molecule has 5 heteroatoms. The van der Waals surface area contributed by atoms with Gasteiger partial charge in [-0.1, -0.05) is 18.6 Å². The van der Waals surface area contributed by atoms with Crippen molar-refractivity contribution in [2.75, 3.05) is 19.6 Å². The number of pyridine rings is 1. The smallest absolute Gasteiger partial charge is 0.254 e. The molecule has 27 heavy (non-hydrogen) atoms. The minimum absolute atomic E-state index is 0.00266. The standard InChI is InChI=1S/C22H27N3O2/c26-22(25-13-12-24-16-21(25)18-7-5-11-23-15-18)17-6-4-10-20(14-17)27-19-8-2-1-3-9-19/h4-7,10-11,14-15,19,21,24H,1-3,8-9,12-13,16H2. The van der Waals surface area contributed by atoms with Crippen molar-refractivity contribution >= 4 is 5.91 Å². The van der Waals surface area contributed by atoms with Crippen LogP contribution in [-0.4, -0.2) is 41.5 Å². The monoisotopic (exact) mass is 365 g/mol. The Morgan fingerprint density at radius 1 is 1.15 bits per heavy atom. The summed E-state index contributed by atoms with van der Waals surface area (Å²) in [4.78, 5) is 19.4. The first kappa shape index (κ1) is 18.0. The zero-order chi connectivity index (χ0) is 18.5. The molecule has 2 aliphatic rings. The Morgan fingerprint density at radius 3 is 2.85 bits per heavy atom. The van der Waals surface area contributed by atoms with Gasteiger partial charge in [0.15, 0.2) is 0 Å². The largest absolute Gasteiger partial charge is 0.490 e. The van der Waals surface area contributed by atoms with Gasteiger partial charge in [0.25, 0.3) is 5.91 Å². The van der Waals surface area contributed by atoms with E-state index in [4.69, 9.17) is 4.74 Å². The van der Waals surface area contributed by atoms with Crippen molar-refractivity contribution in [2.24, 2.45) is 0 Å². The maximum absolute atomic E-state index is 13.3. The number of piperazine rings is 1. The summed E-state index contributed by atoms with van der Waals surface area (Å²) < 4.78 is 6.15. The number of nitrogens with one attached hydrogen (secondary N) is 1. The van der Waals surface area contributed by atoms with Crippen LogP contribution in [0.4, 0.5) is 0 Å². The number of hydrogen-bond donors (Lipinski definition) is 1. The highest BCUT2D eigenvalue weighted by molar-refractivity contribution is 5.95. The number of rotatable bonds is 4. The third kappa shape index (κ3) is 4.30. The molecule has 0 spiro atoms. The molecule has 1 aromatic carbocycles. The van der Waals surface area contributed by atoms with Crippen LogP contribution in [0.3, 0.4) is 0 Å². The van der Waals surface area contributed by atoms with Gasteiger partial charge in [-0.3, -0.25) is 9.78 Å². The van der Waals surface area contributed by atoms with Crippen molar-refractivity contribution in [3.05, 3.63) is 59.9 Å². The van der Waals surface area contributed by atoms with Crippen LogP contribution < -0.4 is 10.1 Å². The molecule has 5 nitrogen and oxygen atoms in total. The molecule has 142 valence electrons. The summed E-state index contributed by atoms with van der Waals surface area (Å²) in [6, 6.07) is 11.6. The van der Waals surface area contributed by atoms with Gasteiger partial charge in [-0.25, -0.2) is 0 Å². The van der Waals surface area contributed by atoms with Crippen LogP contribution in [0.1, 0.15) is 54.1 Å². The highest BCUT2D eigenvalue weighted by Crippen LogP contribution is 2.27. The van der Waals surface area contributed by atoms with E-state index in [-0.39, 0.29) is 18.1 Å². The topological polar surface area (TPSA) is 54.5 Å². The quantitative estimate of drug-likeness (QED) is 0.900. The molecule has 1 aliphatic carbocycles. The van der Waals surface area contributed by atoms with Crippen molar-refractivity contribution in [1.82, 2.24) is 15.2 Å². The zero-order valence-electron chi connectivity index (χ0n) is 15.6. The maximum atomic E-state index is 13.3. The van der Waals surface area contributed by atoms with Crippen molar-refractivity contribution in [1.29, 1.82) is 0 Å². The number of benzene rings is 1. The lowest BCUT2D eigenvalue weighted by atomic mass is 9.98. The van der Waals surface area contributed by atoms with Gasteiger partial charge in [0.1, 0.15) is 5.75 Å². The van der Waals surface area contributed by atoms with Gasteiger partial charge in [-0.2, -0.15) is 0 Å². The molecular weight excluding hydrogens is 338 g/mol. The van der Waals surface area contributed by atoms with Gasteiger partial charge in [0, 0.05) is 37.6 Å². The Bertz CT molecular complexity index is 759. The lowest BCUT2D eigenvalue weighted by Gasteiger charge is -2.36. The lowest BCUT2D eigenvalue weighted by molar-refractivity contribution is 0.0633. The van der Waals surface area contributed by atoms with Crippen molar-refractivity contribution < 1.29 is 9.53 Å². The zero-order valence-corrected chi connectivity index (χ0v) is 15.6. The molecule has 1 amide bonds. The van der Waals surface area contributed by atoms with E-state index in [1.165, 1.54) is 19.3 Å². The number of carbonyl (C=O) groups excluding carboxylic acids is 1. The maximum Gasteiger partial charge on any atom is 0.254 e. The van der Waals surface area contributed by atoms with Crippen molar-refractivity contribution in [3.8, 4) is 5.75 Å². The number of aromatic nitrogens is 1. The Balaban J connectivity index is 1.51. The second-order valence-corrected chi connectivity index (χ2v) is 7.41. The van der Waals surface area contributed by atoms with Crippen molar-refractivity contribution in [2.45, 2.75) is 44.2 Å². The van der Waals surface area contributed by atoms with E-state index >= 15 is 0 Å². The first-order chi connectivity index (χ1) is 13.3. The minimum atomic E-state index is 0.00266. The average Bonchev–Trinajstić information content (AvgIpc) is 2.75. The molecular formula is C22H27N3O2. The SMILES string of the molecule is O=C(c1cccc(OC2CCCCC2)c1)N1CCNCC1c1cccnc1. The van der Waals surface area contributed by atoms with Crippen LogP contribution in [0.15, 0.2) is 48.8 Å². The molecule has 1 atom stereocenters. The summed E-state index contributed by atoms with van der Waals surface area (Å²) in [5, 5.41) is 3.39. The molecule has 0 radical (unpaired) electrons. The van der Waals surface area contributed by atoms with Crippen molar-refractivity contribution in [3.63, 3.8) is 0 Å². The third-order valence-corrected chi connectivity index (χ3v) is 5.51. The highest BCUT2D eigenvalue weighted by Gasteiger charge is 2.29. The summed E-state index contributed by atoms with van der Waals surface area (Å²) in [7, 11) is 0. The van der Waals surface area contributed by atoms with Crippen LogP contribution in [0, 0.1) is 0 Å². The highest BCUT2D eigenvalue weighted by atomic mass is 16.5. The Morgan fingerprint density at radius 2 is 2.04 bits per heavy atom. The number of carbonyl (C=O) groups is 1. The average molecular weight is 365 g/mol. The normalized spacial score (nSPS) is 21.0. The number of amides is 1. The first-order valence-electron chi connectivity index (χ1n) is 9.99. The number of hydrogen-bond acceptors (Lipinski definition) is 4. The van der Waals surface area contributed by atoms with E-state index < -0.39 is 0 Å². The summed E-state index contributed by atoms with van der Waals surface area (Å²) in [6.45, 7) is 2.24. The molecule has 1 aromatic heterocycles. The molecule has 4 rings (SSSR count).